The van der Waals surface area contributed by atoms with Crippen molar-refractivity contribution in [3.8, 4) is 5.75 Å². The first kappa shape index (κ1) is 13.0. The van der Waals surface area contributed by atoms with Crippen molar-refractivity contribution < 1.29 is 4.74 Å². The van der Waals surface area contributed by atoms with Gasteiger partial charge < -0.3 is 15.0 Å². The van der Waals surface area contributed by atoms with Crippen molar-refractivity contribution in [1.29, 1.82) is 0 Å². The van der Waals surface area contributed by atoms with Gasteiger partial charge in [0.25, 0.3) is 0 Å². The van der Waals surface area contributed by atoms with E-state index in [9.17, 15) is 0 Å². The zero-order chi connectivity index (χ0) is 11.8. The van der Waals surface area contributed by atoms with E-state index in [2.05, 4.69) is 23.2 Å². The SMILES string of the molecule is CCNCc1ccccc1OCCN(C)C. The Bertz CT molecular complexity index is 300. The highest BCUT2D eigenvalue weighted by atomic mass is 16.5. The number of rotatable bonds is 7. The average Bonchev–Trinajstić information content (AvgIpc) is 2.27. The van der Waals surface area contributed by atoms with Crippen LogP contribution in [0.1, 0.15) is 12.5 Å². The molecule has 90 valence electrons. The van der Waals surface area contributed by atoms with Gasteiger partial charge in [-0.25, -0.2) is 0 Å². The quantitative estimate of drug-likeness (QED) is 0.760. The molecule has 0 saturated carbocycles. The molecule has 0 aromatic heterocycles. The summed E-state index contributed by atoms with van der Waals surface area (Å²) in [5, 5.41) is 3.31. The maximum atomic E-state index is 5.76. The van der Waals surface area contributed by atoms with Crippen LogP contribution in [0.3, 0.4) is 0 Å². The highest BCUT2D eigenvalue weighted by molar-refractivity contribution is 5.33. The molecule has 0 heterocycles. The molecule has 3 heteroatoms. The fourth-order valence-corrected chi connectivity index (χ4v) is 1.39. The van der Waals surface area contributed by atoms with Crippen LogP contribution >= 0.6 is 0 Å². The van der Waals surface area contributed by atoms with Crippen LogP contribution in [0.25, 0.3) is 0 Å². The Labute approximate surface area is 98.4 Å². The molecule has 16 heavy (non-hydrogen) atoms. The fourth-order valence-electron chi connectivity index (χ4n) is 1.39. The summed E-state index contributed by atoms with van der Waals surface area (Å²) in [5.41, 5.74) is 1.23. The molecule has 0 unspecified atom stereocenters. The van der Waals surface area contributed by atoms with Gasteiger partial charge in [0.1, 0.15) is 12.4 Å². The highest BCUT2D eigenvalue weighted by Crippen LogP contribution is 2.17. The molecule has 1 rings (SSSR count). The molecule has 0 aliphatic rings. The van der Waals surface area contributed by atoms with Crippen LogP contribution in [-0.2, 0) is 6.54 Å². The number of nitrogens with zero attached hydrogens (tertiary/aromatic N) is 1. The highest BCUT2D eigenvalue weighted by Gasteiger charge is 2.01. The molecule has 0 saturated heterocycles. The van der Waals surface area contributed by atoms with Gasteiger partial charge in [-0.15, -0.1) is 0 Å². The number of nitrogens with one attached hydrogen (secondary N) is 1. The zero-order valence-corrected chi connectivity index (χ0v) is 10.5. The summed E-state index contributed by atoms with van der Waals surface area (Å²) in [5.74, 6) is 0.991. The van der Waals surface area contributed by atoms with Crippen LogP contribution in [0.2, 0.25) is 0 Å². The molecule has 0 amide bonds. The second-order valence-corrected chi connectivity index (χ2v) is 4.04. The largest absolute Gasteiger partial charge is 0.492 e. The molecule has 1 aromatic rings. The molecule has 0 atom stereocenters. The maximum absolute atomic E-state index is 5.76. The topological polar surface area (TPSA) is 24.5 Å². The van der Waals surface area contributed by atoms with Gasteiger partial charge in [0.05, 0.1) is 0 Å². The normalized spacial score (nSPS) is 10.8. The van der Waals surface area contributed by atoms with E-state index in [1.165, 1.54) is 5.56 Å². The van der Waals surface area contributed by atoms with E-state index in [0.29, 0.717) is 0 Å². The Morgan fingerprint density at radius 2 is 2.00 bits per heavy atom. The van der Waals surface area contributed by atoms with Crippen molar-refractivity contribution in [2.45, 2.75) is 13.5 Å². The van der Waals surface area contributed by atoms with E-state index in [1.54, 1.807) is 0 Å². The number of ether oxygens (including phenoxy) is 1. The number of benzene rings is 1. The number of hydrogen-bond donors (Lipinski definition) is 1. The summed E-state index contributed by atoms with van der Waals surface area (Å²) in [6.07, 6.45) is 0. The monoisotopic (exact) mass is 222 g/mol. The molecule has 3 nitrogen and oxygen atoms in total. The summed E-state index contributed by atoms with van der Waals surface area (Å²) in [6, 6.07) is 8.20. The number of para-hydroxylation sites is 1. The Hall–Kier alpha value is -1.06. The molecule has 1 N–H and O–H groups in total. The van der Waals surface area contributed by atoms with Crippen molar-refractivity contribution in [2.75, 3.05) is 33.8 Å². The Kier molecular flexibility index (Phi) is 5.90. The Morgan fingerprint density at radius 1 is 1.25 bits per heavy atom. The predicted octanol–water partition coefficient (Wildman–Crippen LogP) is 1.74. The van der Waals surface area contributed by atoms with E-state index in [0.717, 1.165) is 32.0 Å². The van der Waals surface area contributed by atoms with Gasteiger partial charge in [-0.2, -0.15) is 0 Å². The third kappa shape index (κ3) is 4.64. The van der Waals surface area contributed by atoms with Crippen LogP contribution in [0.5, 0.6) is 5.75 Å². The van der Waals surface area contributed by atoms with Crippen molar-refractivity contribution in [3.63, 3.8) is 0 Å². The average molecular weight is 222 g/mol. The Morgan fingerprint density at radius 3 is 2.69 bits per heavy atom. The molecule has 0 radical (unpaired) electrons. The summed E-state index contributed by atoms with van der Waals surface area (Å²) in [7, 11) is 4.10. The van der Waals surface area contributed by atoms with Gasteiger partial charge in [-0.05, 0) is 26.7 Å². The van der Waals surface area contributed by atoms with Gasteiger partial charge in [0.15, 0.2) is 0 Å². The summed E-state index contributed by atoms with van der Waals surface area (Å²) < 4.78 is 5.76. The van der Waals surface area contributed by atoms with Gasteiger partial charge in [-0.1, -0.05) is 25.1 Å². The number of likely N-dealkylation sites (N-methyl/N-ethyl adjacent to an activating group) is 1. The standard InChI is InChI=1S/C13H22N2O/c1-4-14-11-12-7-5-6-8-13(12)16-10-9-15(2)3/h5-8,14H,4,9-11H2,1-3H3. The van der Waals surface area contributed by atoms with E-state index in [4.69, 9.17) is 4.74 Å². The van der Waals surface area contributed by atoms with Crippen LogP contribution in [0.15, 0.2) is 24.3 Å². The van der Waals surface area contributed by atoms with Crippen LogP contribution in [-0.4, -0.2) is 38.7 Å². The van der Waals surface area contributed by atoms with Crippen LogP contribution in [0, 0.1) is 0 Å². The lowest BCUT2D eigenvalue weighted by Crippen LogP contribution is -2.20. The van der Waals surface area contributed by atoms with Gasteiger partial charge in [0.2, 0.25) is 0 Å². The van der Waals surface area contributed by atoms with E-state index in [-0.39, 0.29) is 0 Å². The minimum absolute atomic E-state index is 0.732. The van der Waals surface area contributed by atoms with Crippen LogP contribution < -0.4 is 10.1 Å². The third-order valence-electron chi connectivity index (χ3n) is 2.33. The lowest BCUT2D eigenvalue weighted by atomic mass is 10.2. The molecule has 0 aliphatic carbocycles. The first-order valence-corrected chi connectivity index (χ1v) is 5.80. The molecule has 1 aromatic carbocycles. The second-order valence-electron chi connectivity index (χ2n) is 4.04. The van der Waals surface area contributed by atoms with E-state index >= 15 is 0 Å². The summed E-state index contributed by atoms with van der Waals surface area (Å²) in [6.45, 7) is 5.63. The summed E-state index contributed by atoms with van der Waals surface area (Å²) in [4.78, 5) is 2.12. The molecule has 0 aliphatic heterocycles. The second kappa shape index (κ2) is 7.25. The van der Waals surface area contributed by atoms with Gasteiger partial charge in [-0.3, -0.25) is 0 Å². The molecular formula is C13H22N2O. The summed E-state index contributed by atoms with van der Waals surface area (Å²) >= 11 is 0. The molecule has 0 spiro atoms. The van der Waals surface area contributed by atoms with Gasteiger partial charge >= 0.3 is 0 Å². The first-order valence-electron chi connectivity index (χ1n) is 5.80. The van der Waals surface area contributed by atoms with Crippen molar-refractivity contribution in [1.82, 2.24) is 10.2 Å². The maximum Gasteiger partial charge on any atom is 0.123 e. The Balaban J connectivity index is 2.49. The predicted molar refractivity (Wildman–Crippen MR) is 67.9 cm³/mol. The van der Waals surface area contributed by atoms with E-state index in [1.807, 2.05) is 32.3 Å². The van der Waals surface area contributed by atoms with Crippen molar-refractivity contribution >= 4 is 0 Å². The molecule has 0 bridgehead atoms. The van der Waals surface area contributed by atoms with E-state index < -0.39 is 0 Å². The van der Waals surface area contributed by atoms with Crippen LogP contribution in [0.4, 0.5) is 0 Å². The lowest BCUT2D eigenvalue weighted by molar-refractivity contribution is 0.259. The first-order chi connectivity index (χ1) is 7.74. The van der Waals surface area contributed by atoms with Crippen molar-refractivity contribution in [2.24, 2.45) is 0 Å². The lowest BCUT2D eigenvalue weighted by Gasteiger charge is -2.14. The molecular weight excluding hydrogens is 200 g/mol. The third-order valence-corrected chi connectivity index (χ3v) is 2.33. The molecule has 0 fully saturated rings. The minimum atomic E-state index is 0.732. The smallest absolute Gasteiger partial charge is 0.123 e. The minimum Gasteiger partial charge on any atom is -0.492 e. The zero-order valence-electron chi connectivity index (χ0n) is 10.5. The fraction of sp³-hybridized carbons (Fsp3) is 0.538. The number of hydrogen-bond acceptors (Lipinski definition) is 3. The van der Waals surface area contributed by atoms with Crippen molar-refractivity contribution in [3.05, 3.63) is 29.8 Å². The van der Waals surface area contributed by atoms with Gasteiger partial charge in [0, 0.05) is 18.7 Å².